The summed E-state index contributed by atoms with van der Waals surface area (Å²) in [5.74, 6) is 0.279. The minimum absolute atomic E-state index is 0.279. The van der Waals surface area contributed by atoms with Crippen molar-refractivity contribution in [2.24, 2.45) is 5.10 Å². The maximum atomic E-state index is 9.07. The van der Waals surface area contributed by atoms with Crippen molar-refractivity contribution in [1.29, 1.82) is 0 Å². The Morgan fingerprint density at radius 1 is 1.23 bits per heavy atom. The number of benzene rings is 1. The van der Waals surface area contributed by atoms with Crippen LogP contribution in [0.25, 0.3) is 0 Å². The average Bonchev–Trinajstić information content (AvgIpc) is 2.04. The molecule has 0 unspecified atom stereocenters. The lowest BCUT2D eigenvalue weighted by Crippen LogP contribution is -2.07. The van der Waals surface area contributed by atoms with Crippen molar-refractivity contribution < 1.29 is 5.11 Å². The van der Waals surface area contributed by atoms with Crippen LogP contribution < -0.4 is 0 Å². The number of rotatable bonds is 2. The molecule has 0 aliphatic carbocycles. The van der Waals surface area contributed by atoms with Gasteiger partial charge < -0.3 is 10.1 Å². The molecule has 1 aromatic carbocycles. The minimum atomic E-state index is 0.279. The maximum Gasteiger partial charge on any atom is 0.115 e. The van der Waals surface area contributed by atoms with Crippen LogP contribution in [0, 0.1) is 0 Å². The summed E-state index contributed by atoms with van der Waals surface area (Å²) >= 11 is 0. The summed E-state index contributed by atoms with van der Waals surface area (Å²) in [6.07, 6.45) is 0. The van der Waals surface area contributed by atoms with Crippen LogP contribution in [0.4, 0.5) is 0 Å². The van der Waals surface area contributed by atoms with Crippen LogP contribution in [0.15, 0.2) is 29.4 Å². The topological polar surface area (TPSA) is 35.8 Å². The first-order chi connectivity index (χ1) is 6.09. The largest absolute Gasteiger partial charge is 0.508 e. The molecule has 0 bridgehead atoms. The van der Waals surface area contributed by atoms with Crippen molar-refractivity contribution >= 4 is 5.71 Å². The van der Waals surface area contributed by atoms with Crippen molar-refractivity contribution in [3.8, 4) is 5.75 Å². The van der Waals surface area contributed by atoms with Crippen molar-refractivity contribution in [3.05, 3.63) is 29.8 Å². The molecule has 0 saturated heterocycles. The Bertz CT molecular complexity index is 301. The average molecular weight is 178 g/mol. The molecular weight excluding hydrogens is 164 g/mol. The lowest BCUT2D eigenvalue weighted by Gasteiger charge is -2.07. The van der Waals surface area contributed by atoms with Crippen LogP contribution in [-0.2, 0) is 0 Å². The predicted octanol–water partition coefficient (Wildman–Crippen LogP) is 1.68. The van der Waals surface area contributed by atoms with Gasteiger partial charge in [-0.2, -0.15) is 5.10 Å². The smallest absolute Gasteiger partial charge is 0.115 e. The van der Waals surface area contributed by atoms with Gasteiger partial charge in [-0.3, -0.25) is 0 Å². The Morgan fingerprint density at radius 2 is 1.77 bits per heavy atom. The highest BCUT2D eigenvalue weighted by Crippen LogP contribution is 2.10. The summed E-state index contributed by atoms with van der Waals surface area (Å²) in [7, 11) is 3.76. The molecule has 70 valence electrons. The normalized spacial score (nSPS) is 11.5. The second-order valence-electron chi connectivity index (χ2n) is 3.08. The molecule has 1 aromatic rings. The van der Waals surface area contributed by atoms with Gasteiger partial charge in [0.05, 0.1) is 5.71 Å². The van der Waals surface area contributed by atoms with Gasteiger partial charge in [0.2, 0.25) is 0 Å². The van der Waals surface area contributed by atoms with E-state index in [1.54, 1.807) is 17.1 Å². The van der Waals surface area contributed by atoms with Crippen LogP contribution in [0.5, 0.6) is 5.75 Å². The summed E-state index contributed by atoms with van der Waals surface area (Å²) in [6, 6.07) is 7.00. The first kappa shape index (κ1) is 9.58. The van der Waals surface area contributed by atoms with Gasteiger partial charge in [-0.1, -0.05) is 0 Å². The number of hydrogen-bond donors (Lipinski definition) is 1. The van der Waals surface area contributed by atoms with Gasteiger partial charge in [0.1, 0.15) is 5.75 Å². The van der Waals surface area contributed by atoms with Crippen molar-refractivity contribution in [2.45, 2.75) is 6.92 Å². The van der Waals surface area contributed by atoms with Crippen LogP contribution in [0.2, 0.25) is 0 Å². The number of hydrogen-bond acceptors (Lipinski definition) is 3. The lowest BCUT2D eigenvalue weighted by atomic mass is 10.1. The van der Waals surface area contributed by atoms with E-state index >= 15 is 0 Å². The second kappa shape index (κ2) is 3.94. The SMILES string of the molecule is C/C(=N\N(C)C)c1ccc(O)cc1. The summed E-state index contributed by atoms with van der Waals surface area (Å²) in [6.45, 7) is 1.94. The number of phenols is 1. The van der Waals surface area contributed by atoms with Gasteiger partial charge in [-0.25, -0.2) is 0 Å². The van der Waals surface area contributed by atoms with Crippen molar-refractivity contribution in [1.82, 2.24) is 5.01 Å². The van der Waals surface area contributed by atoms with Crippen LogP contribution >= 0.6 is 0 Å². The molecule has 0 radical (unpaired) electrons. The second-order valence-corrected chi connectivity index (χ2v) is 3.08. The molecule has 0 aliphatic heterocycles. The Hall–Kier alpha value is -1.51. The monoisotopic (exact) mass is 178 g/mol. The maximum absolute atomic E-state index is 9.07. The fraction of sp³-hybridized carbons (Fsp3) is 0.300. The number of aromatic hydroxyl groups is 1. The summed E-state index contributed by atoms with van der Waals surface area (Å²) in [5.41, 5.74) is 1.96. The summed E-state index contributed by atoms with van der Waals surface area (Å²) in [4.78, 5) is 0. The van der Waals surface area contributed by atoms with Crippen LogP contribution in [0.1, 0.15) is 12.5 Å². The van der Waals surface area contributed by atoms with E-state index in [1.807, 2.05) is 33.2 Å². The first-order valence-electron chi connectivity index (χ1n) is 4.11. The third-order valence-corrected chi connectivity index (χ3v) is 1.64. The Morgan fingerprint density at radius 3 is 2.23 bits per heavy atom. The van der Waals surface area contributed by atoms with Gasteiger partial charge in [-0.05, 0) is 36.8 Å². The molecule has 0 heterocycles. The molecular formula is C10H14N2O. The Labute approximate surface area is 78.3 Å². The molecule has 0 amide bonds. The highest BCUT2D eigenvalue weighted by Gasteiger charge is 1.97. The van der Waals surface area contributed by atoms with Crippen molar-refractivity contribution in [3.63, 3.8) is 0 Å². The highest BCUT2D eigenvalue weighted by molar-refractivity contribution is 5.98. The van der Waals surface area contributed by atoms with Gasteiger partial charge in [0.25, 0.3) is 0 Å². The van der Waals surface area contributed by atoms with E-state index in [4.69, 9.17) is 5.11 Å². The molecule has 0 saturated carbocycles. The molecule has 3 heteroatoms. The summed E-state index contributed by atoms with van der Waals surface area (Å²) in [5, 5.41) is 15.1. The van der Waals surface area contributed by atoms with Gasteiger partial charge in [-0.15, -0.1) is 0 Å². The zero-order chi connectivity index (χ0) is 9.84. The van der Waals surface area contributed by atoms with Gasteiger partial charge >= 0.3 is 0 Å². The lowest BCUT2D eigenvalue weighted by molar-refractivity contribution is 0.438. The number of phenolic OH excluding ortho intramolecular Hbond substituents is 1. The zero-order valence-corrected chi connectivity index (χ0v) is 8.15. The quantitative estimate of drug-likeness (QED) is 0.552. The molecule has 1 rings (SSSR count). The number of nitrogens with zero attached hydrogens (tertiary/aromatic N) is 2. The van der Waals surface area contributed by atoms with E-state index in [9.17, 15) is 0 Å². The standard InChI is InChI=1S/C10H14N2O/c1-8(11-12(2)3)9-4-6-10(13)7-5-9/h4-7,13H,1-3H3/b11-8+. The van der Waals surface area contributed by atoms with Crippen LogP contribution in [0.3, 0.4) is 0 Å². The molecule has 0 fully saturated rings. The zero-order valence-electron chi connectivity index (χ0n) is 8.15. The van der Waals surface area contributed by atoms with E-state index in [1.165, 1.54) is 0 Å². The molecule has 3 nitrogen and oxygen atoms in total. The fourth-order valence-electron chi connectivity index (χ4n) is 1.06. The van der Waals surface area contributed by atoms with Crippen molar-refractivity contribution in [2.75, 3.05) is 14.1 Å². The Balaban J connectivity index is 2.89. The first-order valence-corrected chi connectivity index (χ1v) is 4.11. The molecule has 0 spiro atoms. The van der Waals surface area contributed by atoms with E-state index in [2.05, 4.69) is 5.10 Å². The predicted molar refractivity (Wildman–Crippen MR) is 54.0 cm³/mol. The van der Waals surface area contributed by atoms with E-state index in [0.717, 1.165) is 11.3 Å². The molecule has 0 aliphatic rings. The van der Waals surface area contributed by atoms with E-state index < -0.39 is 0 Å². The van der Waals surface area contributed by atoms with Gasteiger partial charge in [0, 0.05) is 14.1 Å². The fourth-order valence-corrected chi connectivity index (χ4v) is 1.06. The number of hydrazone groups is 1. The minimum Gasteiger partial charge on any atom is -0.508 e. The Kier molecular flexibility index (Phi) is 2.90. The molecule has 0 aromatic heterocycles. The summed E-state index contributed by atoms with van der Waals surface area (Å²) < 4.78 is 0. The molecule has 1 N–H and O–H groups in total. The molecule has 13 heavy (non-hydrogen) atoms. The molecule has 0 atom stereocenters. The third-order valence-electron chi connectivity index (χ3n) is 1.64. The van der Waals surface area contributed by atoms with Gasteiger partial charge in [0.15, 0.2) is 0 Å². The van der Waals surface area contributed by atoms with E-state index in [0.29, 0.717) is 0 Å². The van der Waals surface area contributed by atoms with E-state index in [-0.39, 0.29) is 5.75 Å². The van der Waals surface area contributed by atoms with Crippen LogP contribution in [-0.4, -0.2) is 29.9 Å². The third kappa shape index (κ3) is 2.78. The highest BCUT2D eigenvalue weighted by atomic mass is 16.3.